The third-order valence-electron chi connectivity index (χ3n) is 7.13. The SMILES string of the molecule is CC(=O)NC12CC3CC(C1)CC(C(=O)OCc1ccc(C(C)(C)C)cc1)(C3)C2. The lowest BCUT2D eigenvalue weighted by atomic mass is 9.47. The molecule has 1 N–H and O–H groups in total. The van der Waals surface area contributed by atoms with Crippen molar-refractivity contribution in [3.63, 3.8) is 0 Å². The monoisotopic (exact) mass is 383 g/mol. The third kappa shape index (κ3) is 3.58. The number of carbonyl (C=O) groups is 2. The van der Waals surface area contributed by atoms with Crippen molar-refractivity contribution in [3.8, 4) is 0 Å². The van der Waals surface area contributed by atoms with Gasteiger partial charge in [0.25, 0.3) is 0 Å². The lowest BCUT2D eigenvalue weighted by Gasteiger charge is -2.60. The van der Waals surface area contributed by atoms with Gasteiger partial charge in [-0.2, -0.15) is 0 Å². The molecule has 1 aromatic carbocycles. The van der Waals surface area contributed by atoms with Gasteiger partial charge < -0.3 is 10.1 Å². The second-order valence-corrected chi connectivity index (χ2v) is 10.7. The van der Waals surface area contributed by atoms with Crippen LogP contribution in [-0.4, -0.2) is 17.4 Å². The Morgan fingerprint density at radius 3 is 2.21 bits per heavy atom. The maximum Gasteiger partial charge on any atom is 0.312 e. The van der Waals surface area contributed by atoms with Crippen LogP contribution in [0.2, 0.25) is 0 Å². The summed E-state index contributed by atoms with van der Waals surface area (Å²) in [6.07, 6.45) is 5.83. The van der Waals surface area contributed by atoms with Crippen LogP contribution in [0.25, 0.3) is 0 Å². The number of nitrogens with one attached hydrogen (secondary N) is 1. The van der Waals surface area contributed by atoms with Crippen molar-refractivity contribution in [2.24, 2.45) is 17.3 Å². The van der Waals surface area contributed by atoms with E-state index in [-0.39, 0.29) is 22.8 Å². The molecule has 4 aliphatic rings. The van der Waals surface area contributed by atoms with Crippen LogP contribution >= 0.6 is 0 Å². The summed E-state index contributed by atoms with van der Waals surface area (Å²) in [5, 5.41) is 3.21. The van der Waals surface area contributed by atoms with Crippen molar-refractivity contribution >= 4 is 11.9 Å². The highest BCUT2D eigenvalue weighted by atomic mass is 16.5. The standard InChI is InChI=1S/C24H33NO3/c1-16(26)25-24-12-18-9-19(13-24)11-23(10-18,15-24)21(27)28-14-17-5-7-20(8-6-17)22(2,3)4/h5-8,18-19H,9-15H2,1-4H3,(H,25,26). The highest BCUT2D eigenvalue weighted by Crippen LogP contribution is 2.62. The smallest absolute Gasteiger partial charge is 0.312 e. The molecule has 0 saturated heterocycles. The number of rotatable bonds is 4. The Hall–Kier alpha value is -1.84. The van der Waals surface area contributed by atoms with Gasteiger partial charge in [0, 0.05) is 12.5 Å². The van der Waals surface area contributed by atoms with Gasteiger partial charge in [0.2, 0.25) is 5.91 Å². The molecular weight excluding hydrogens is 350 g/mol. The number of benzene rings is 1. The lowest BCUT2D eigenvalue weighted by molar-refractivity contribution is -0.177. The minimum Gasteiger partial charge on any atom is -0.460 e. The topological polar surface area (TPSA) is 55.4 Å². The first-order valence-electron chi connectivity index (χ1n) is 10.6. The zero-order chi connectivity index (χ0) is 20.2. The maximum atomic E-state index is 13.2. The van der Waals surface area contributed by atoms with E-state index in [2.05, 4.69) is 50.4 Å². The van der Waals surface area contributed by atoms with Crippen molar-refractivity contribution in [2.45, 2.75) is 83.8 Å². The van der Waals surface area contributed by atoms with E-state index in [0.717, 1.165) is 37.7 Å². The van der Waals surface area contributed by atoms with Gasteiger partial charge in [0.1, 0.15) is 6.61 Å². The molecule has 152 valence electrons. The van der Waals surface area contributed by atoms with Crippen LogP contribution in [0.15, 0.2) is 24.3 Å². The molecule has 5 rings (SSSR count). The van der Waals surface area contributed by atoms with Crippen molar-refractivity contribution < 1.29 is 14.3 Å². The van der Waals surface area contributed by atoms with Crippen LogP contribution < -0.4 is 5.32 Å². The molecule has 0 spiro atoms. The Bertz CT molecular complexity index is 760. The summed E-state index contributed by atoms with van der Waals surface area (Å²) in [7, 11) is 0. The zero-order valence-corrected chi connectivity index (χ0v) is 17.6. The molecular formula is C24H33NO3. The summed E-state index contributed by atoms with van der Waals surface area (Å²) in [5.41, 5.74) is 1.83. The highest BCUT2D eigenvalue weighted by molar-refractivity contribution is 5.79. The molecule has 0 aromatic heterocycles. The van der Waals surface area contributed by atoms with Gasteiger partial charge in [-0.05, 0) is 66.9 Å². The summed E-state index contributed by atoms with van der Waals surface area (Å²) in [6.45, 7) is 8.50. The van der Waals surface area contributed by atoms with Crippen molar-refractivity contribution in [1.82, 2.24) is 5.32 Å². The van der Waals surface area contributed by atoms with Crippen molar-refractivity contribution in [1.29, 1.82) is 0 Å². The Morgan fingerprint density at radius 1 is 1.07 bits per heavy atom. The number of carbonyl (C=O) groups excluding carboxylic acids is 2. The van der Waals surface area contributed by atoms with Gasteiger partial charge in [-0.15, -0.1) is 0 Å². The molecule has 4 fully saturated rings. The second-order valence-electron chi connectivity index (χ2n) is 10.7. The van der Waals surface area contributed by atoms with Crippen LogP contribution in [0.5, 0.6) is 0 Å². The molecule has 0 aliphatic heterocycles. The number of ether oxygens (including phenoxy) is 1. The molecule has 4 saturated carbocycles. The first kappa shape index (κ1) is 19.5. The van der Waals surface area contributed by atoms with Crippen LogP contribution in [0, 0.1) is 17.3 Å². The van der Waals surface area contributed by atoms with Crippen LogP contribution in [0.1, 0.15) is 77.3 Å². The summed E-state index contributed by atoms with van der Waals surface area (Å²) < 4.78 is 5.84. The minimum absolute atomic E-state index is 0.0180. The summed E-state index contributed by atoms with van der Waals surface area (Å²) >= 11 is 0. The van der Waals surface area contributed by atoms with Gasteiger partial charge in [-0.25, -0.2) is 0 Å². The maximum absolute atomic E-state index is 13.2. The molecule has 28 heavy (non-hydrogen) atoms. The fourth-order valence-electron chi connectivity index (χ4n) is 6.42. The van der Waals surface area contributed by atoms with Crippen molar-refractivity contribution in [2.75, 3.05) is 0 Å². The molecule has 4 aliphatic carbocycles. The van der Waals surface area contributed by atoms with Crippen LogP contribution in [0.3, 0.4) is 0 Å². The molecule has 0 heterocycles. The van der Waals surface area contributed by atoms with E-state index in [1.165, 1.54) is 12.0 Å². The first-order chi connectivity index (χ1) is 13.1. The molecule has 1 aromatic rings. The number of amides is 1. The van der Waals surface area contributed by atoms with Gasteiger partial charge >= 0.3 is 5.97 Å². The Kier molecular flexibility index (Phi) is 4.59. The normalized spacial score (nSPS) is 33.6. The Labute approximate surface area is 168 Å². The third-order valence-corrected chi connectivity index (χ3v) is 7.13. The van der Waals surface area contributed by atoms with Gasteiger partial charge in [-0.1, -0.05) is 45.0 Å². The molecule has 1 amide bonds. The molecule has 4 bridgehead atoms. The molecule has 4 nitrogen and oxygen atoms in total. The number of hydrogen-bond acceptors (Lipinski definition) is 3. The Morgan fingerprint density at radius 2 is 1.68 bits per heavy atom. The molecule has 2 atom stereocenters. The van der Waals surface area contributed by atoms with E-state index in [1.54, 1.807) is 6.92 Å². The predicted molar refractivity (Wildman–Crippen MR) is 109 cm³/mol. The van der Waals surface area contributed by atoms with E-state index in [4.69, 9.17) is 4.74 Å². The molecule has 0 radical (unpaired) electrons. The quantitative estimate of drug-likeness (QED) is 0.779. The summed E-state index contributed by atoms with van der Waals surface area (Å²) in [6, 6.07) is 8.37. The average Bonchev–Trinajstić information content (AvgIpc) is 2.57. The fraction of sp³-hybridized carbons (Fsp3) is 0.667. The van der Waals surface area contributed by atoms with E-state index < -0.39 is 5.41 Å². The summed E-state index contributed by atoms with van der Waals surface area (Å²) in [4.78, 5) is 25.0. The minimum atomic E-state index is -0.405. The van der Waals surface area contributed by atoms with Gasteiger partial charge in [-0.3, -0.25) is 9.59 Å². The van der Waals surface area contributed by atoms with E-state index in [9.17, 15) is 9.59 Å². The lowest BCUT2D eigenvalue weighted by Crippen LogP contribution is -2.64. The van der Waals surface area contributed by atoms with Gasteiger partial charge in [0.15, 0.2) is 0 Å². The van der Waals surface area contributed by atoms with Crippen LogP contribution in [0.4, 0.5) is 0 Å². The average molecular weight is 384 g/mol. The van der Waals surface area contributed by atoms with E-state index in [1.807, 2.05) is 0 Å². The zero-order valence-electron chi connectivity index (χ0n) is 17.6. The predicted octanol–water partition coefficient (Wildman–Crippen LogP) is 4.50. The largest absolute Gasteiger partial charge is 0.460 e. The van der Waals surface area contributed by atoms with E-state index >= 15 is 0 Å². The van der Waals surface area contributed by atoms with Gasteiger partial charge in [0.05, 0.1) is 5.41 Å². The number of esters is 1. The molecule has 2 unspecified atom stereocenters. The first-order valence-corrected chi connectivity index (χ1v) is 10.6. The Balaban J connectivity index is 1.45. The number of hydrogen-bond donors (Lipinski definition) is 1. The highest BCUT2D eigenvalue weighted by Gasteiger charge is 2.61. The van der Waals surface area contributed by atoms with Crippen molar-refractivity contribution in [3.05, 3.63) is 35.4 Å². The van der Waals surface area contributed by atoms with E-state index in [0.29, 0.717) is 18.4 Å². The van der Waals surface area contributed by atoms with Crippen LogP contribution in [-0.2, 0) is 26.3 Å². The molecule has 4 heteroatoms. The fourth-order valence-corrected chi connectivity index (χ4v) is 6.42. The summed E-state index contributed by atoms with van der Waals surface area (Å²) in [5.74, 6) is 1.03. The second kappa shape index (κ2) is 6.60.